The zero-order valence-corrected chi connectivity index (χ0v) is 14.5. The van der Waals surface area contributed by atoms with Gasteiger partial charge in [0.25, 0.3) is 0 Å². The van der Waals surface area contributed by atoms with Crippen molar-refractivity contribution in [2.75, 3.05) is 4.90 Å². The van der Waals surface area contributed by atoms with Crippen LogP contribution in [0.25, 0.3) is 0 Å². The summed E-state index contributed by atoms with van der Waals surface area (Å²) in [5.74, 6) is -0.270. The number of nitrogens with zero attached hydrogens (tertiary/aromatic N) is 4. The van der Waals surface area contributed by atoms with Gasteiger partial charge >= 0.3 is 0 Å². The van der Waals surface area contributed by atoms with Gasteiger partial charge in [0.15, 0.2) is 5.82 Å². The quantitative estimate of drug-likeness (QED) is 0.674. The second-order valence-electron chi connectivity index (χ2n) is 5.69. The lowest BCUT2D eigenvalue weighted by Gasteiger charge is -2.45. The van der Waals surface area contributed by atoms with E-state index >= 15 is 0 Å². The summed E-state index contributed by atoms with van der Waals surface area (Å²) in [5.41, 5.74) is 11.6. The molecule has 4 N–H and O–H groups in total. The van der Waals surface area contributed by atoms with Crippen molar-refractivity contribution >= 4 is 40.2 Å². The van der Waals surface area contributed by atoms with Crippen molar-refractivity contribution in [2.45, 2.75) is 37.8 Å². The van der Waals surface area contributed by atoms with Crippen LogP contribution < -0.4 is 16.4 Å². The van der Waals surface area contributed by atoms with Gasteiger partial charge in [-0.15, -0.1) is 0 Å². The molecule has 1 aliphatic heterocycles. The second kappa shape index (κ2) is 5.96. The fourth-order valence-corrected chi connectivity index (χ4v) is 3.75. The molecule has 1 aromatic carbocycles. The zero-order valence-electron chi connectivity index (χ0n) is 12.4. The highest BCUT2D eigenvalue weighted by molar-refractivity contribution is 14.1. The Labute approximate surface area is 147 Å². The van der Waals surface area contributed by atoms with Gasteiger partial charge < -0.3 is 11.5 Å². The Morgan fingerprint density at radius 3 is 2.61 bits per heavy atom. The maximum Gasteiger partial charge on any atom is 0.220 e. The summed E-state index contributed by atoms with van der Waals surface area (Å²) < 4.78 is 14.8. The molecule has 0 saturated heterocycles. The predicted molar refractivity (Wildman–Crippen MR) is 95.4 cm³/mol. The van der Waals surface area contributed by atoms with Crippen LogP contribution in [0, 0.1) is 20.7 Å². The Hall–Kier alpha value is -1.89. The van der Waals surface area contributed by atoms with Gasteiger partial charge in [-0.05, 0) is 60.4 Å². The second-order valence-corrected chi connectivity index (χ2v) is 6.85. The molecular formula is C15H16FIN6. The van der Waals surface area contributed by atoms with Crippen molar-refractivity contribution in [3.63, 3.8) is 0 Å². The van der Waals surface area contributed by atoms with Crippen molar-refractivity contribution in [3.05, 3.63) is 27.1 Å². The number of hydrogen-bond acceptors (Lipinski definition) is 6. The Bertz CT molecular complexity index is 745. The first-order chi connectivity index (χ1) is 11.0. The Morgan fingerprint density at radius 1 is 1.26 bits per heavy atom. The molecule has 0 aromatic heterocycles. The minimum absolute atomic E-state index is 0.0457. The molecule has 1 saturated carbocycles. The summed E-state index contributed by atoms with van der Waals surface area (Å²) in [7, 11) is 0. The summed E-state index contributed by atoms with van der Waals surface area (Å²) in [6.45, 7) is 0. The van der Waals surface area contributed by atoms with E-state index in [1.54, 1.807) is 17.0 Å². The summed E-state index contributed by atoms with van der Waals surface area (Å²) in [6, 6.07) is 5.26. The van der Waals surface area contributed by atoms with Crippen LogP contribution in [0.1, 0.15) is 37.7 Å². The van der Waals surface area contributed by atoms with Crippen molar-refractivity contribution in [1.82, 2.24) is 0 Å². The lowest BCUT2D eigenvalue weighted by Crippen LogP contribution is -2.58. The third kappa shape index (κ3) is 2.63. The Kier molecular flexibility index (Phi) is 4.14. The predicted octanol–water partition coefficient (Wildman–Crippen LogP) is 2.41. The van der Waals surface area contributed by atoms with Crippen LogP contribution in [0.2, 0.25) is 0 Å². The van der Waals surface area contributed by atoms with Gasteiger partial charge in [0, 0.05) is 0 Å². The molecule has 0 amide bonds. The van der Waals surface area contributed by atoms with Crippen molar-refractivity contribution in [1.29, 1.82) is 5.26 Å². The van der Waals surface area contributed by atoms with Crippen LogP contribution in [0.15, 0.2) is 22.1 Å². The SMILES string of the molecule is N#Cc1c(N2C(N)=NC(N)=NC23CCCCC3)ccc(I)c1F. The smallest absolute Gasteiger partial charge is 0.220 e. The zero-order chi connectivity index (χ0) is 16.6. The standard InChI is InChI=1S/C15H16FIN6/c16-12-9(8-18)11(5-4-10(12)17)23-14(20)21-13(19)22-15(23)6-2-1-3-7-15/h4-5H,1-3,6-7H2,(H4,19,20,21,22). The number of aliphatic imine (C=N–C) groups is 2. The van der Waals surface area contributed by atoms with Crippen LogP contribution in [0.3, 0.4) is 0 Å². The van der Waals surface area contributed by atoms with E-state index in [0.29, 0.717) is 9.26 Å². The van der Waals surface area contributed by atoms with Crippen LogP contribution >= 0.6 is 22.6 Å². The first-order valence-corrected chi connectivity index (χ1v) is 8.44. The lowest BCUT2D eigenvalue weighted by molar-refractivity contribution is 0.305. The molecule has 120 valence electrons. The first-order valence-electron chi connectivity index (χ1n) is 7.36. The topological polar surface area (TPSA) is 104 Å². The molecule has 1 spiro atoms. The molecule has 8 heteroatoms. The van der Waals surface area contributed by atoms with Gasteiger partial charge in [0.2, 0.25) is 11.9 Å². The van der Waals surface area contributed by atoms with E-state index in [-0.39, 0.29) is 17.5 Å². The van der Waals surface area contributed by atoms with Crippen molar-refractivity contribution < 1.29 is 4.39 Å². The average Bonchev–Trinajstić information content (AvgIpc) is 2.51. The van der Waals surface area contributed by atoms with Crippen LogP contribution in [-0.4, -0.2) is 17.6 Å². The number of halogens is 2. The summed E-state index contributed by atoms with van der Waals surface area (Å²) in [4.78, 5) is 10.2. The number of anilines is 1. The van der Waals surface area contributed by atoms with Gasteiger partial charge in [-0.3, -0.25) is 4.90 Å². The minimum atomic E-state index is -0.682. The molecular weight excluding hydrogens is 410 g/mol. The van der Waals surface area contributed by atoms with Gasteiger partial charge in [-0.2, -0.15) is 10.3 Å². The molecule has 0 radical (unpaired) electrons. The fraction of sp³-hybridized carbons (Fsp3) is 0.400. The van der Waals surface area contributed by atoms with Crippen LogP contribution in [-0.2, 0) is 0 Å². The average molecular weight is 426 g/mol. The molecule has 6 nitrogen and oxygen atoms in total. The van der Waals surface area contributed by atoms with Crippen molar-refractivity contribution in [3.8, 4) is 6.07 Å². The summed E-state index contributed by atoms with van der Waals surface area (Å²) >= 11 is 1.86. The molecule has 23 heavy (non-hydrogen) atoms. The van der Waals surface area contributed by atoms with E-state index < -0.39 is 11.5 Å². The normalized spacial score (nSPS) is 20.0. The molecule has 1 heterocycles. The molecule has 2 aliphatic rings. The van der Waals surface area contributed by atoms with Gasteiger partial charge in [-0.25, -0.2) is 9.38 Å². The first kappa shape index (κ1) is 16.0. The molecule has 0 unspecified atom stereocenters. The van der Waals surface area contributed by atoms with E-state index in [1.807, 2.05) is 28.7 Å². The van der Waals surface area contributed by atoms with E-state index in [1.165, 1.54) is 0 Å². The van der Waals surface area contributed by atoms with Crippen LogP contribution in [0.5, 0.6) is 0 Å². The molecule has 3 rings (SSSR count). The highest BCUT2D eigenvalue weighted by Gasteiger charge is 2.43. The van der Waals surface area contributed by atoms with E-state index in [2.05, 4.69) is 9.98 Å². The molecule has 0 atom stereocenters. The van der Waals surface area contributed by atoms with Gasteiger partial charge in [-0.1, -0.05) is 6.42 Å². The monoisotopic (exact) mass is 426 g/mol. The lowest BCUT2D eigenvalue weighted by atomic mass is 9.87. The van der Waals surface area contributed by atoms with Gasteiger partial charge in [0.05, 0.1) is 9.26 Å². The highest BCUT2D eigenvalue weighted by Crippen LogP contribution is 2.41. The van der Waals surface area contributed by atoms with Crippen LogP contribution in [0.4, 0.5) is 10.1 Å². The van der Waals surface area contributed by atoms with Gasteiger partial charge in [0.1, 0.15) is 17.3 Å². The largest absolute Gasteiger partial charge is 0.369 e. The molecule has 0 bridgehead atoms. The molecule has 1 aliphatic carbocycles. The number of guanidine groups is 2. The molecule has 1 aromatic rings. The maximum absolute atomic E-state index is 14.4. The van der Waals surface area contributed by atoms with E-state index in [4.69, 9.17) is 11.5 Å². The Balaban J connectivity index is 2.19. The van der Waals surface area contributed by atoms with E-state index in [0.717, 1.165) is 32.1 Å². The number of rotatable bonds is 1. The number of nitrogens with two attached hydrogens (primary N) is 2. The van der Waals surface area contributed by atoms with Crippen molar-refractivity contribution in [2.24, 2.45) is 21.5 Å². The number of hydrogen-bond donors (Lipinski definition) is 2. The summed E-state index contributed by atoms with van der Waals surface area (Å²) in [6.07, 6.45) is 4.52. The number of benzene rings is 1. The maximum atomic E-state index is 14.4. The Morgan fingerprint density at radius 2 is 1.96 bits per heavy atom. The third-order valence-corrected chi connectivity index (χ3v) is 5.11. The third-order valence-electron chi connectivity index (χ3n) is 4.28. The van der Waals surface area contributed by atoms with E-state index in [9.17, 15) is 9.65 Å². The minimum Gasteiger partial charge on any atom is -0.369 e. The fourth-order valence-electron chi connectivity index (χ4n) is 3.30. The summed E-state index contributed by atoms with van der Waals surface area (Å²) in [5, 5.41) is 9.42. The highest BCUT2D eigenvalue weighted by atomic mass is 127. The number of nitriles is 1. The molecule has 1 fully saturated rings.